The number of hydrogen-bond donors (Lipinski definition) is 2. The zero-order chi connectivity index (χ0) is 17.9. The Labute approximate surface area is 137 Å². The van der Waals surface area contributed by atoms with Gasteiger partial charge in [0.1, 0.15) is 0 Å². The number of carbonyl (C=O) groups excluding carboxylic acids is 1. The van der Waals surface area contributed by atoms with Crippen LogP contribution in [0.5, 0.6) is 0 Å². The number of hydrogen-bond acceptors (Lipinski definition) is 6. The van der Waals surface area contributed by atoms with Crippen molar-refractivity contribution in [2.75, 3.05) is 5.73 Å². The minimum Gasteiger partial charge on any atom is -0.398 e. The van der Waals surface area contributed by atoms with Crippen molar-refractivity contribution in [3.05, 3.63) is 68.8 Å². The average Bonchev–Trinajstić information content (AvgIpc) is 2.54. The molecular formula is C16H16N4O4. The van der Waals surface area contributed by atoms with E-state index in [0.717, 1.165) is 0 Å². The van der Waals surface area contributed by atoms with Gasteiger partial charge in [0.25, 0.3) is 5.69 Å². The van der Waals surface area contributed by atoms with Crippen molar-refractivity contribution in [2.24, 2.45) is 10.9 Å². The number of nitro benzene ring substituents is 1. The Morgan fingerprint density at radius 1 is 1.12 bits per heavy atom. The van der Waals surface area contributed by atoms with Crippen LogP contribution >= 0.6 is 0 Å². The van der Waals surface area contributed by atoms with E-state index in [9.17, 15) is 14.9 Å². The fourth-order valence-electron chi connectivity index (χ4n) is 2.16. The van der Waals surface area contributed by atoms with Crippen LogP contribution in [0.1, 0.15) is 27.0 Å². The van der Waals surface area contributed by atoms with E-state index in [0.29, 0.717) is 16.8 Å². The van der Waals surface area contributed by atoms with Crippen molar-refractivity contribution in [3.63, 3.8) is 0 Å². The lowest BCUT2D eigenvalue weighted by molar-refractivity contribution is -0.385. The molecule has 0 bridgehead atoms. The van der Waals surface area contributed by atoms with E-state index >= 15 is 0 Å². The second kappa shape index (κ2) is 6.78. The summed E-state index contributed by atoms with van der Waals surface area (Å²) in [7, 11) is 0. The third-order valence-electron chi connectivity index (χ3n) is 3.60. The molecule has 0 aliphatic carbocycles. The lowest BCUT2D eigenvalue weighted by atomic mass is 10.1. The highest BCUT2D eigenvalue weighted by Gasteiger charge is 2.19. The molecule has 8 nitrogen and oxygen atoms in total. The molecule has 124 valence electrons. The molecule has 0 aliphatic heterocycles. The molecule has 2 aromatic rings. The Morgan fingerprint density at radius 2 is 1.75 bits per heavy atom. The first-order valence-electron chi connectivity index (χ1n) is 6.97. The van der Waals surface area contributed by atoms with E-state index < -0.39 is 10.9 Å². The van der Waals surface area contributed by atoms with Crippen LogP contribution in [-0.2, 0) is 4.84 Å². The van der Waals surface area contributed by atoms with E-state index in [2.05, 4.69) is 5.16 Å². The van der Waals surface area contributed by atoms with Crippen LogP contribution in [0, 0.1) is 24.0 Å². The highest BCUT2D eigenvalue weighted by atomic mass is 16.7. The number of rotatable bonds is 4. The average molecular weight is 328 g/mol. The second-order valence-electron chi connectivity index (χ2n) is 5.08. The molecule has 0 unspecified atom stereocenters. The molecule has 0 aromatic heterocycles. The molecule has 24 heavy (non-hydrogen) atoms. The fourth-order valence-corrected chi connectivity index (χ4v) is 2.16. The molecule has 2 aromatic carbocycles. The number of nitrogen functional groups attached to an aromatic ring is 1. The standard InChI is InChI=1S/C16H16N4O4/c1-9-11(5-3-7-13(9)17)15(18)19-24-16(21)12-6-4-8-14(10(12)2)20(22)23/h3-8H,17H2,1-2H3,(H2,18,19). The van der Waals surface area contributed by atoms with Gasteiger partial charge >= 0.3 is 5.97 Å². The van der Waals surface area contributed by atoms with E-state index in [1.165, 1.54) is 25.1 Å². The van der Waals surface area contributed by atoms with E-state index in [4.69, 9.17) is 16.3 Å². The first-order valence-corrected chi connectivity index (χ1v) is 6.97. The summed E-state index contributed by atoms with van der Waals surface area (Å²) in [6.45, 7) is 3.23. The summed E-state index contributed by atoms with van der Waals surface area (Å²) in [5.41, 5.74) is 13.5. The third kappa shape index (κ3) is 3.32. The quantitative estimate of drug-likeness (QED) is 0.221. The van der Waals surface area contributed by atoms with Crippen LogP contribution in [0.3, 0.4) is 0 Å². The first kappa shape index (κ1) is 16.9. The number of nitrogens with two attached hydrogens (primary N) is 2. The predicted octanol–water partition coefficient (Wildman–Crippen LogP) is 2.27. The number of nitro groups is 1. The van der Waals surface area contributed by atoms with Crippen molar-refractivity contribution in [1.82, 2.24) is 0 Å². The highest BCUT2D eigenvalue weighted by molar-refractivity contribution is 6.00. The topological polar surface area (TPSA) is 134 Å². The SMILES string of the molecule is Cc1c(N)cccc1/C(N)=N/OC(=O)c1cccc([N+](=O)[O-])c1C. The Balaban J connectivity index is 2.26. The van der Waals surface area contributed by atoms with Crippen molar-refractivity contribution in [1.29, 1.82) is 0 Å². The number of benzene rings is 2. The number of anilines is 1. The molecule has 0 amide bonds. The molecule has 0 spiro atoms. The zero-order valence-electron chi connectivity index (χ0n) is 13.1. The van der Waals surface area contributed by atoms with E-state index in [1.807, 2.05) is 0 Å². The van der Waals surface area contributed by atoms with Gasteiger partial charge in [0, 0.05) is 22.9 Å². The maximum atomic E-state index is 12.1. The van der Waals surface area contributed by atoms with E-state index in [1.54, 1.807) is 25.1 Å². The lowest BCUT2D eigenvalue weighted by Gasteiger charge is -2.07. The Bertz CT molecular complexity index is 846. The molecule has 0 fully saturated rings. The molecule has 0 aliphatic rings. The summed E-state index contributed by atoms with van der Waals surface area (Å²) in [6.07, 6.45) is 0. The second-order valence-corrected chi connectivity index (χ2v) is 5.08. The van der Waals surface area contributed by atoms with Gasteiger partial charge in [-0.1, -0.05) is 23.4 Å². The van der Waals surface area contributed by atoms with Crippen molar-refractivity contribution in [3.8, 4) is 0 Å². The number of amidine groups is 1. The lowest BCUT2D eigenvalue weighted by Crippen LogP contribution is -2.17. The van der Waals surface area contributed by atoms with Crippen molar-refractivity contribution in [2.45, 2.75) is 13.8 Å². The summed E-state index contributed by atoms with van der Waals surface area (Å²) < 4.78 is 0. The van der Waals surface area contributed by atoms with Crippen LogP contribution in [0.4, 0.5) is 11.4 Å². The summed E-state index contributed by atoms with van der Waals surface area (Å²) in [5, 5.41) is 14.5. The van der Waals surface area contributed by atoms with Crippen LogP contribution in [-0.4, -0.2) is 16.7 Å². The van der Waals surface area contributed by atoms with Gasteiger partial charge in [-0.05, 0) is 31.5 Å². The maximum Gasteiger partial charge on any atom is 0.366 e. The Kier molecular flexibility index (Phi) is 4.78. The van der Waals surface area contributed by atoms with Crippen LogP contribution in [0.15, 0.2) is 41.6 Å². The molecule has 4 N–H and O–H groups in total. The minimum atomic E-state index is -0.833. The van der Waals surface area contributed by atoms with Crippen molar-refractivity contribution < 1.29 is 14.6 Å². The monoisotopic (exact) mass is 328 g/mol. The van der Waals surface area contributed by atoms with Gasteiger partial charge in [-0.2, -0.15) is 0 Å². The molecule has 0 radical (unpaired) electrons. The first-order chi connectivity index (χ1) is 11.3. The van der Waals surface area contributed by atoms with Gasteiger partial charge < -0.3 is 16.3 Å². The molecule has 0 saturated heterocycles. The van der Waals surface area contributed by atoms with Gasteiger partial charge in [0.15, 0.2) is 5.84 Å². The normalized spacial score (nSPS) is 11.2. The third-order valence-corrected chi connectivity index (χ3v) is 3.60. The van der Waals surface area contributed by atoms with Gasteiger partial charge in [0.05, 0.1) is 10.5 Å². The molecular weight excluding hydrogens is 312 g/mol. The van der Waals surface area contributed by atoms with Crippen LogP contribution in [0.2, 0.25) is 0 Å². The molecule has 0 saturated carbocycles. The van der Waals surface area contributed by atoms with Gasteiger partial charge in [-0.25, -0.2) is 4.79 Å². The summed E-state index contributed by atoms with van der Waals surface area (Å²) in [4.78, 5) is 27.3. The summed E-state index contributed by atoms with van der Waals surface area (Å²) >= 11 is 0. The fraction of sp³-hybridized carbons (Fsp3) is 0.125. The Hall–Kier alpha value is -3.42. The van der Waals surface area contributed by atoms with Gasteiger partial charge in [0.2, 0.25) is 0 Å². The number of oxime groups is 1. The molecule has 2 rings (SSSR count). The van der Waals surface area contributed by atoms with Gasteiger partial charge in [-0.15, -0.1) is 0 Å². The molecule has 0 atom stereocenters. The number of nitrogens with zero attached hydrogens (tertiary/aromatic N) is 2. The molecule has 0 heterocycles. The summed E-state index contributed by atoms with van der Waals surface area (Å²) in [5.74, 6) is -0.850. The highest BCUT2D eigenvalue weighted by Crippen LogP contribution is 2.22. The van der Waals surface area contributed by atoms with Crippen molar-refractivity contribution >= 4 is 23.2 Å². The minimum absolute atomic E-state index is 0.0174. The van der Waals surface area contributed by atoms with E-state index in [-0.39, 0.29) is 22.6 Å². The smallest absolute Gasteiger partial charge is 0.366 e. The maximum absolute atomic E-state index is 12.1. The Morgan fingerprint density at radius 3 is 2.42 bits per heavy atom. The number of carbonyl (C=O) groups is 1. The van der Waals surface area contributed by atoms with Gasteiger partial charge in [-0.3, -0.25) is 10.1 Å². The summed E-state index contributed by atoms with van der Waals surface area (Å²) in [6, 6.07) is 9.23. The largest absolute Gasteiger partial charge is 0.398 e. The zero-order valence-corrected chi connectivity index (χ0v) is 13.1. The molecule has 8 heteroatoms. The van der Waals surface area contributed by atoms with Crippen LogP contribution < -0.4 is 11.5 Å². The predicted molar refractivity (Wildman–Crippen MR) is 89.6 cm³/mol. The van der Waals surface area contributed by atoms with Crippen LogP contribution in [0.25, 0.3) is 0 Å².